The van der Waals surface area contributed by atoms with Crippen LogP contribution in [0.1, 0.15) is 37.8 Å². The van der Waals surface area contributed by atoms with E-state index in [1.807, 2.05) is 12.1 Å². The van der Waals surface area contributed by atoms with Crippen LogP contribution in [0.15, 0.2) is 12.1 Å². The molecule has 1 heterocycles. The third-order valence-electron chi connectivity index (χ3n) is 3.95. The number of hydrogen-bond donors (Lipinski definition) is 1. The number of rotatable bonds is 4. The van der Waals surface area contributed by atoms with Gasteiger partial charge < -0.3 is 14.8 Å². The van der Waals surface area contributed by atoms with Gasteiger partial charge in [-0.05, 0) is 44.9 Å². The molecule has 18 heavy (non-hydrogen) atoms. The van der Waals surface area contributed by atoms with E-state index in [0.717, 1.165) is 30.9 Å². The van der Waals surface area contributed by atoms with Crippen LogP contribution in [0.3, 0.4) is 0 Å². The van der Waals surface area contributed by atoms with Crippen molar-refractivity contribution in [1.82, 2.24) is 5.32 Å². The summed E-state index contributed by atoms with van der Waals surface area (Å²) in [6.45, 7) is 5.50. The van der Waals surface area contributed by atoms with Crippen molar-refractivity contribution in [3.63, 3.8) is 0 Å². The Labute approximate surface area is 109 Å². The van der Waals surface area contributed by atoms with Gasteiger partial charge in [0.2, 0.25) is 0 Å². The van der Waals surface area contributed by atoms with Gasteiger partial charge in [0.15, 0.2) is 0 Å². The fourth-order valence-electron chi connectivity index (χ4n) is 3.03. The first kappa shape index (κ1) is 13.2. The topological polar surface area (TPSA) is 30.5 Å². The van der Waals surface area contributed by atoms with Crippen molar-refractivity contribution in [1.29, 1.82) is 0 Å². The van der Waals surface area contributed by atoms with Crippen molar-refractivity contribution in [2.24, 2.45) is 0 Å². The van der Waals surface area contributed by atoms with Gasteiger partial charge in [0, 0.05) is 16.7 Å². The van der Waals surface area contributed by atoms with Crippen LogP contribution < -0.4 is 14.8 Å². The van der Waals surface area contributed by atoms with Crippen LogP contribution in [0.2, 0.25) is 0 Å². The Morgan fingerprint density at radius 1 is 1.22 bits per heavy atom. The van der Waals surface area contributed by atoms with E-state index in [4.69, 9.17) is 9.47 Å². The molecule has 1 aliphatic rings. The lowest BCUT2D eigenvalue weighted by molar-refractivity contribution is 0.359. The van der Waals surface area contributed by atoms with Gasteiger partial charge in [-0.15, -0.1) is 0 Å². The summed E-state index contributed by atoms with van der Waals surface area (Å²) in [6.07, 6.45) is 3.30. The minimum atomic E-state index is 0.00519. The fraction of sp³-hybridized carbons (Fsp3) is 0.600. The largest absolute Gasteiger partial charge is 0.496 e. The lowest BCUT2D eigenvalue weighted by Gasteiger charge is -2.30. The highest BCUT2D eigenvalue weighted by Crippen LogP contribution is 2.42. The molecule has 1 unspecified atom stereocenters. The van der Waals surface area contributed by atoms with Crippen molar-refractivity contribution in [2.75, 3.05) is 20.8 Å². The van der Waals surface area contributed by atoms with Crippen molar-refractivity contribution >= 4 is 0 Å². The van der Waals surface area contributed by atoms with E-state index in [-0.39, 0.29) is 5.54 Å². The van der Waals surface area contributed by atoms with Crippen molar-refractivity contribution in [3.8, 4) is 11.5 Å². The normalized spacial score (nSPS) is 23.1. The van der Waals surface area contributed by atoms with Crippen LogP contribution in [0.5, 0.6) is 11.5 Å². The Hall–Kier alpha value is -1.22. The Morgan fingerprint density at radius 2 is 1.89 bits per heavy atom. The minimum absolute atomic E-state index is 0.00519. The molecule has 0 saturated carbocycles. The summed E-state index contributed by atoms with van der Waals surface area (Å²) < 4.78 is 11.1. The highest BCUT2D eigenvalue weighted by Gasteiger charge is 2.35. The first-order valence-electron chi connectivity index (χ1n) is 6.65. The fourth-order valence-corrected chi connectivity index (χ4v) is 3.03. The van der Waals surface area contributed by atoms with Gasteiger partial charge in [-0.1, -0.05) is 6.92 Å². The van der Waals surface area contributed by atoms with Crippen LogP contribution in [0.4, 0.5) is 0 Å². The molecule has 1 saturated heterocycles. The van der Waals surface area contributed by atoms with E-state index in [1.165, 1.54) is 17.5 Å². The van der Waals surface area contributed by atoms with Crippen LogP contribution in [0.25, 0.3) is 0 Å². The van der Waals surface area contributed by atoms with Gasteiger partial charge in [0.1, 0.15) is 11.5 Å². The molecule has 100 valence electrons. The molecule has 0 spiro atoms. The SMILES string of the molecule is CCc1c(OC)ccc(OC)c1C1(C)CCCN1. The average Bonchev–Trinajstić information content (AvgIpc) is 2.84. The summed E-state index contributed by atoms with van der Waals surface area (Å²) in [4.78, 5) is 0. The predicted octanol–water partition coefficient (Wildman–Crippen LogP) is 2.86. The summed E-state index contributed by atoms with van der Waals surface area (Å²) in [5.41, 5.74) is 2.53. The molecule has 3 nitrogen and oxygen atoms in total. The van der Waals surface area contributed by atoms with E-state index in [9.17, 15) is 0 Å². The minimum Gasteiger partial charge on any atom is -0.496 e. The maximum absolute atomic E-state index is 5.57. The highest BCUT2D eigenvalue weighted by molar-refractivity contribution is 5.52. The van der Waals surface area contributed by atoms with Crippen molar-refractivity contribution < 1.29 is 9.47 Å². The monoisotopic (exact) mass is 249 g/mol. The molecule has 0 bridgehead atoms. The number of methoxy groups -OCH3 is 2. The average molecular weight is 249 g/mol. The molecule has 1 fully saturated rings. The van der Waals surface area contributed by atoms with E-state index < -0.39 is 0 Å². The zero-order chi connectivity index (χ0) is 13.2. The van der Waals surface area contributed by atoms with Gasteiger partial charge in [0.05, 0.1) is 14.2 Å². The van der Waals surface area contributed by atoms with E-state index >= 15 is 0 Å². The van der Waals surface area contributed by atoms with Gasteiger partial charge >= 0.3 is 0 Å². The van der Waals surface area contributed by atoms with Crippen molar-refractivity contribution in [3.05, 3.63) is 23.3 Å². The number of benzene rings is 1. The van der Waals surface area contributed by atoms with Crippen LogP contribution >= 0.6 is 0 Å². The second kappa shape index (κ2) is 5.19. The molecular weight excluding hydrogens is 226 g/mol. The van der Waals surface area contributed by atoms with E-state index in [0.29, 0.717) is 0 Å². The summed E-state index contributed by atoms with van der Waals surface area (Å²) in [6, 6.07) is 4.01. The quantitative estimate of drug-likeness (QED) is 0.890. The Balaban J connectivity index is 2.60. The summed E-state index contributed by atoms with van der Waals surface area (Å²) in [5, 5.41) is 3.61. The molecule has 1 aromatic carbocycles. The molecule has 1 aliphatic heterocycles. The van der Waals surface area contributed by atoms with Gasteiger partial charge in [-0.2, -0.15) is 0 Å². The van der Waals surface area contributed by atoms with Crippen LogP contribution in [-0.4, -0.2) is 20.8 Å². The zero-order valence-electron chi connectivity index (χ0n) is 11.8. The smallest absolute Gasteiger partial charge is 0.124 e. The summed E-state index contributed by atoms with van der Waals surface area (Å²) in [5.74, 6) is 1.92. The third-order valence-corrected chi connectivity index (χ3v) is 3.95. The van der Waals surface area contributed by atoms with E-state index in [1.54, 1.807) is 14.2 Å². The second-order valence-corrected chi connectivity index (χ2v) is 5.04. The molecule has 1 atom stereocenters. The Kier molecular flexibility index (Phi) is 3.81. The molecule has 2 rings (SSSR count). The molecule has 0 amide bonds. The molecule has 3 heteroatoms. The standard InChI is InChI=1S/C15H23NO2/c1-5-11-12(17-3)7-8-13(18-4)14(11)15(2)9-6-10-16-15/h7-8,16H,5-6,9-10H2,1-4H3. The first-order chi connectivity index (χ1) is 8.66. The molecule has 1 N–H and O–H groups in total. The lowest BCUT2D eigenvalue weighted by Crippen LogP contribution is -2.34. The summed E-state index contributed by atoms with van der Waals surface area (Å²) >= 11 is 0. The van der Waals surface area contributed by atoms with Crippen molar-refractivity contribution in [2.45, 2.75) is 38.6 Å². The predicted molar refractivity (Wildman–Crippen MR) is 73.5 cm³/mol. The molecule has 0 aromatic heterocycles. The maximum Gasteiger partial charge on any atom is 0.124 e. The maximum atomic E-state index is 5.57. The van der Waals surface area contributed by atoms with Gasteiger partial charge in [0.25, 0.3) is 0 Å². The van der Waals surface area contributed by atoms with Crippen LogP contribution in [0, 0.1) is 0 Å². The molecule has 1 aromatic rings. The number of nitrogens with one attached hydrogen (secondary N) is 1. The van der Waals surface area contributed by atoms with E-state index in [2.05, 4.69) is 19.2 Å². The Bertz CT molecular complexity index is 423. The van der Waals surface area contributed by atoms with Gasteiger partial charge in [-0.25, -0.2) is 0 Å². The number of hydrogen-bond acceptors (Lipinski definition) is 3. The lowest BCUT2D eigenvalue weighted by atomic mass is 9.85. The zero-order valence-corrected chi connectivity index (χ0v) is 11.8. The molecule has 0 radical (unpaired) electrons. The Morgan fingerprint density at radius 3 is 2.39 bits per heavy atom. The first-order valence-corrected chi connectivity index (χ1v) is 6.65. The third kappa shape index (κ3) is 2.07. The van der Waals surface area contributed by atoms with Gasteiger partial charge in [-0.3, -0.25) is 0 Å². The molecular formula is C15H23NO2. The highest BCUT2D eigenvalue weighted by atomic mass is 16.5. The second-order valence-electron chi connectivity index (χ2n) is 5.04. The van der Waals surface area contributed by atoms with Crippen LogP contribution in [-0.2, 0) is 12.0 Å². The summed E-state index contributed by atoms with van der Waals surface area (Å²) in [7, 11) is 3.47. The number of ether oxygens (including phenoxy) is 2. The molecule has 0 aliphatic carbocycles.